The molecule has 7 heteroatoms. The van der Waals surface area contributed by atoms with Crippen LogP contribution < -0.4 is 10.9 Å². The van der Waals surface area contributed by atoms with E-state index in [1.807, 2.05) is 42.5 Å². The molecule has 28 heavy (non-hydrogen) atoms. The molecule has 0 aliphatic carbocycles. The van der Waals surface area contributed by atoms with E-state index in [2.05, 4.69) is 15.3 Å². The van der Waals surface area contributed by atoms with E-state index in [0.29, 0.717) is 28.7 Å². The van der Waals surface area contributed by atoms with Crippen LogP contribution in [0.2, 0.25) is 0 Å². The van der Waals surface area contributed by atoms with Gasteiger partial charge in [-0.15, -0.1) is 0 Å². The number of H-pyrrole nitrogens is 1. The molecule has 0 atom stereocenters. The van der Waals surface area contributed by atoms with Crippen LogP contribution in [0.5, 0.6) is 0 Å². The van der Waals surface area contributed by atoms with Gasteiger partial charge in [0.1, 0.15) is 0 Å². The Morgan fingerprint density at radius 3 is 2.68 bits per heavy atom. The van der Waals surface area contributed by atoms with E-state index in [0.717, 1.165) is 5.56 Å². The summed E-state index contributed by atoms with van der Waals surface area (Å²) in [6.07, 6.45) is 3.38. The van der Waals surface area contributed by atoms with E-state index in [9.17, 15) is 9.59 Å². The van der Waals surface area contributed by atoms with E-state index >= 15 is 0 Å². The number of rotatable bonds is 4. The van der Waals surface area contributed by atoms with Crippen molar-refractivity contribution in [3.8, 4) is 5.69 Å². The number of pyridine rings is 1. The van der Waals surface area contributed by atoms with Crippen LogP contribution >= 0.6 is 12.2 Å². The number of carbonyl (C=O) groups is 1. The molecule has 0 aliphatic heterocycles. The summed E-state index contributed by atoms with van der Waals surface area (Å²) < 4.78 is 1.72. The summed E-state index contributed by atoms with van der Waals surface area (Å²) in [5.74, 6) is -0.239. The summed E-state index contributed by atoms with van der Waals surface area (Å²) in [7, 11) is 0. The molecule has 0 saturated heterocycles. The Bertz CT molecular complexity index is 1260. The largest absolute Gasteiger partial charge is 0.348 e. The molecule has 0 spiro atoms. The summed E-state index contributed by atoms with van der Waals surface area (Å²) in [4.78, 5) is 32.5. The first kappa shape index (κ1) is 17.8. The highest BCUT2D eigenvalue weighted by Crippen LogP contribution is 2.13. The fourth-order valence-corrected chi connectivity index (χ4v) is 3.26. The predicted molar refractivity (Wildman–Crippen MR) is 110 cm³/mol. The van der Waals surface area contributed by atoms with Crippen LogP contribution in [0, 0.1) is 4.77 Å². The average Bonchev–Trinajstić information content (AvgIpc) is 2.73. The lowest BCUT2D eigenvalue weighted by atomic mass is 10.1. The second-order valence-electron chi connectivity index (χ2n) is 6.21. The van der Waals surface area contributed by atoms with Gasteiger partial charge in [-0.3, -0.25) is 19.1 Å². The number of benzene rings is 2. The first-order chi connectivity index (χ1) is 13.6. The molecule has 4 rings (SSSR count). The van der Waals surface area contributed by atoms with Gasteiger partial charge in [0.05, 0.1) is 16.6 Å². The van der Waals surface area contributed by atoms with Crippen molar-refractivity contribution in [2.45, 2.75) is 6.54 Å². The molecular formula is C21H16N4O2S. The van der Waals surface area contributed by atoms with Crippen LogP contribution in [-0.4, -0.2) is 20.4 Å². The van der Waals surface area contributed by atoms with Crippen molar-refractivity contribution in [3.05, 3.63) is 99.3 Å². The highest BCUT2D eigenvalue weighted by atomic mass is 32.1. The highest BCUT2D eigenvalue weighted by Gasteiger charge is 2.11. The fraction of sp³-hybridized carbons (Fsp3) is 0.0476. The fourth-order valence-electron chi connectivity index (χ4n) is 2.96. The summed E-state index contributed by atoms with van der Waals surface area (Å²) in [5.41, 5.74) is 2.33. The summed E-state index contributed by atoms with van der Waals surface area (Å²) in [6, 6.07) is 17.8. The monoisotopic (exact) mass is 388 g/mol. The molecule has 0 bridgehead atoms. The molecule has 2 N–H and O–H groups in total. The Morgan fingerprint density at radius 1 is 1.11 bits per heavy atom. The number of amides is 1. The van der Waals surface area contributed by atoms with E-state index in [4.69, 9.17) is 12.2 Å². The zero-order valence-electron chi connectivity index (χ0n) is 14.8. The van der Waals surface area contributed by atoms with E-state index < -0.39 is 0 Å². The van der Waals surface area contributed by atoms with Crippen molar-refractivity contribution in [1.82, 2.24) is 19.9 Å². The zero-order chi connectivity index (χ0) is 19.5. The number of aromatic amines is 1. The summed E-state index contributed by atoms with van der Waals surface area (Å²) in [5, 5.41) is 3.30. The van der Waals surface area contributed by atoms with Gasteiger partial charge >= 0.3 is 0 Å². The smallest absolute Gasteiger partial charge is 0.266 e. The minimum Gasteiger partial charge on any atom is -0.348 e. The molecule has 2 heterocycles. The lowest BCUT2D eigenvalue weighted by Crippen LogP contribution is -2.24. The van der Waals surface area contributed by atoms with E-state index in [1.54, 1.807) is 30.6 Å². The number of aromatic nitrogens is 3. The Hall–Kier alpha value is -3.58. The predicted octanol–water partition coefficient (Wildman–Crippen LogP) is 3.37. The van der Waals surface area contributed by atoms with Gasteiger partial charge in [0.25, 0.3) is 11.5 Å². The Morgan fingerprint density at radius 2 is 1.93 bits per heavy atom. The zero-order valence-corrected chi connectivity index (χ0v) is 15.6. The molecule has 0 fully saturated rings. The standard InChI is InChI=1S/C21H16N4O2S/c26-19(23-13-14-5-4-10-22-12-14)15-8-9-17-18(11-15)24-21(28)25(20(17)27)16-6-2-1-3-7-16/h1-12H,13H2,(H,23,26)(H,24,28). The number of fused-ring (bicyclic) bond motifs is 1. The van der Waals surface area contributed by atoms with E-state index in [-0.39, 0.29) is 16.2 Å². The number of nitrogens with one attached hydrogen (secondary N) is 2. The van der Waals surface area contributed by atoms with Crippen molar-refractivity contribution in [3.63, 3.8) is 0 Å². The third-order valence-corrected chi connectivity index (χ3v) is 4.63. The number of nitrogens with zero attached hydrogens (tertiary/aromatic N) is 2. The molecule has 4 aromatic rings. The lowest BCUT2D eigenvalue weighted by Gasteiger charge is -2.09. The Labute approximate surface area is 165 Å². The van der Waals surface area contributed by atoms with Crippen molar-refractivity contribution in [1.29, 1.82) is 0 Å². The minimum absolute atomic E-state index is 0.229. The van der Waals surface area contributed by atoms with Gasteiger partial charge in [0.2, 0.25) is 0 Å². The summed E-state index contributed by atoms with van der Waals surface area (Å²) >= 11 is 5.37. The molecule has 0 aliphatic rings. The first-order valence-electron chi connectivity index (χ1n) is 8.65. The van der Waals surface area contributed by atoms with Crippen molar-refractivity contribution < 1.29 is 4.79 Å². The van der Waals surface area contributed by atoms with Gasteiger partial charge in [0, 0.05) is 24.5 Å². The van der Waals surface area contributed by atoms with Gasteiger partial charge in [-0.2, -0.15) is 0 Å². The topological polar surface area (TPSA) is 79.8 Å². The van der Waals surface area contributed by atoms with Crippen LogP contribution in [0.15, 0.2) is 77.9 Å². The van der Waals surface area contributed by atoms with Crippen LogP contribution in [0.4, 0.5) is 0 Å². The lowest BCUT2D eigenvalue weighted by molar-refractivity contribution is 0.0951. The average molecular weight is 388 g/mol. The molecule has 6 nitrogen and oxygen atoms in total. The van der Waals surface area contributed by atoms with Crippen LogP contribution in [0.1, 0.15) is 15.9 Å². The molecular weight excluding hydrogens is 372 g/mol. The SMILES string of the molecule is O=C(NCc1cccnc1)c1ccc2c(=O)n(-c3ccccc3)c(=S)[nH]c2c1. The number of hydrogen-bond acceptors (Lipinski definition) is 4. The molecule has 0 saturated carbocycles. The molecule has 0 radical (unpaired) electrons. The molecule has 2 aromatic heterocycles. The van der Waals surface area contributed by atoms with E-state index in [1.165, 1.54) is 4.57 Å². The highest BCUT2D eigenvalue weighted by molar-refractivity contribution is 7.71. The van der Waals surface area contributed by atoms with Gasteiger partial charge in [0.15, 0.2) is 4.77 Å². The van der Waals surface area contributed by atoms with Crippen molar-refractivity contribution in [2.75, 3.05) is 0 Å². The third-order valence-electron chi connectivity index (χ3n) is 4.35. The molecule has 1 amide bonds. The maximum Gasteiger partial charge on any atom is 0.266 e. The Kier molecular flexibility index (Phi) is 4.82. The third kappa shape index (κ3) is 3.47. The maximum absolute atomic E-state index is 12.9. The van der Waals surface area contributed by atoms with Gasteiger partial charge < -0.3 is 10.3 Å². The van der Waals surface area contributed by atoms with Gasteiger partial charge in [-0.25, -0.2) is 0 Å². The van der Waals surface area contributed by atoms with Crippen LogP contribution in [0.3, 0.4) is 0 Å². The van der Waals surface area contributed by atoms with Crippen LogP contribution in [0.25, 0.3) is 16.6 Å². The summed E-state index contributed by atoms with van der Waals surface area (Å²) in [6.45, 7) is 0.371. The number of para-hydroxylation sites is 1. The van der Waals surface area contributed by atoms with Crippen LogP contribution in [-0.2, 0) is 6.54 Å². The second-order valence-corrected chi connectivity index (χ2v) is 6.60. The van der Waals surface area contributed by atoms with Gasteiger partial charge in [-0.1, -0.05) is 24.3 Å². The quantitative estimate of drug-likeness (QED) is 0.525. The number of hydrogen-bond donors (Lipinski definition) is 2. The Balaban J connectivity index is 1.67. The maximum atomic E-state index is 12.9. The number of carbonyl (C=O) groups excluding carboxylic acids is 1. The van der Waals surface area contributed by atoms with Gasteiger partial charge in [-0.05, 0) is 54.2 Å². The second kappa shape index (κ2) is 7.58. The minimum atomic E-state index is -0.239. The first-order valence-corrected chi connectivity index (χ1v) is 9.06. The molecule has 0 unspecified atom stereocenters. The van der Waals surface area contributed by atoms with Crippen molar-refractivity contribution in [2.24, 2.45) is 0 Å². The molecule has 138 valence electrons. The normalized spacial score (nSPS) is 10.7. The van der Waals surface area contributed by atoms with Crippen molar-refractivity contribution >= 4 is 29.0 Å². The molecule has 2 aromatic carbocycles.